The van der Waals surface area contributed by atoms with Crippen molar-refractivity contribution >= 4 is 17.7 Å². The van der Waals surface area contributed by atoms with E-state index in [2.05, 4.69) is 0 Å². The fourth-order valence-corrected chi connectivity index (χ4v) is 4.03. The molecular weight excluding hydrogens is 352 g/mol. The molecule has 27 heavy (non-hydrogen) atoms. The Kier molecular flexibility index (Phi) is 6.47. The zero-order chi connectivity index (χ0) is 20.5. The number of ketones is 1. The van der Waals surface area contributed by atoms with Crippen LogP contribution in [0.4, 0.5) is 0 Å². The Bertz CT molecular complexity index is 638. The Hall–Kier alpha value is -1.73. The SMILES string of the molecule is C/C=C(/C)C(=O)O[C@H]1[C@@H]2OC(=O)[C@H](C)[C@@H]2CC[C@H](C)[C@@]1(O)C(=O)C[C@@H](C)O. The summed E-state index contributed by atoms with van der Waals surface area (Å²) in [6.45, 7) is 8.16. The minimum absolute atomic E-state index is 0.253. The Morgan fingerprint density at radius 1 is 1.37 bits per heavy atom. The third-order valence-electron chi connectivity index (χ3n) is 6.02. The van der Waals surface area contributed by atoms with Gasteiger partial charge in [0.05, 0.1) is 12.0 Å². The molecule has 7 atom stereocenters. The number of carbonyl (C=O) groups excluding carboxylic acids is 3. The summed E-state index contributed by atoms with van der Waals surface area (Å²) in [6.07, 6.45) is -0.832. The predicted octanol–water partition coefficient (Wildman–Crippen LogP) is 1.54. The second-order valence-electron chi connectivity index (χ2n) is 7.93. The summed E-state index contributed by atoms with van der Waals surface area (Å²) in [5.74, 6) is -2.89. The molecule has 2 rings (SSSR count). The molecule has 1 heterocycles. The summed E-state index contributed by atoms with van der Waals surface area (Å²) in [7, 11) is 0. The van der Waals surface area contributed by atoms with Gasteiger partial charge in [-0.05, 0) is 39.5 Å². The van der Waals surface area contributed by atoms with Gasteiger partial charge in [0, 0.05) is 17.9 Å². The van der Waals surface area contributed by atoms with Crippen LogP contribution in [0.3, 0.4) is 0 Å². The van der Waals surface area contributed by atoms with E-state index in [1.54, 1.807) is 33.8 Å². The van der Waals surface area contributed by atoms with Crippen molar-refractivity contribution in [1.82, 2.24) is 0 Å². The maximum absolute atomic E-state index is 12.9. The molecule has 2 N–H and O–H groups in total. The number of Topliss-reactive ketones (excluding diaryl/α,β-unsaturated/α-hetero) is 1. The zero-order valence-electron chi connectivity index (χ0n) is 16.6. The number of rotatable bonds is 5. The molecule has 0 aromatic carbocycles. The van der Waals surface area contributed by atoms with Gasteiger partial charge in [0.1, 0.15) is 6.10 Å². The third kappa shape index (κ3) is 3.94. The average Bonchev–Trinajstić information content (AvgIpc) is 2.83. The monoisotopic (exact) mass is 382 g/mol. The van der Waals surface area contributed by atoms with Crippen LogP contribution in [0, 0.1) is 17.8 Å². The van der Waals surface area contributed by atoms with E-state index in [9.17, 15) is 24.6 Å². The van der Waals surface area contributed by atoms with Crippen LogP contribution in [0.1, 0.15) is 53.9 Å². The van der Waals surface area contributed by atoms with Crippen LogP contribution in [0.15, 0.2) is 11.6 Å². The lowest BCUT2D eigenvalue weighted by molar-refractivity contribution is -0.195. The first-order valence-electron chi connectivity index (χ1n) is 9.52. The molecule has 0 aromatic heterocycles. The lowest BCUT2D eigenvalue weighted by Gasteiger charge is -2.39. The number of aliphatic hydroxyl groups excluding tert-OH is 1. The van der Waals surface area contributed by atoms with Gasteiger partial charge in [-0.1, -0.05) is 19.9 Å². The molecule has 0 radical (unpaired) electrons. The summed E-state index contributed by atoms with van der Waals surface area (Å²) in [5.41, 5.74) is -1.71. The third-order valence-corrected chi connectivity index (χ3v) is 6.02. The summed E-state index contributed by atoms with van der Waals surface area (Å²) in [4.78, 5) is 37.5. The number of ether oxygens (including phenoxy) is 2. The fraction of sp³-hybridized carbons (Fsp3) is 0.750. The van der Waals surface area contributed by atoms with Gasteiger partial charge in [0.25, 0.3) is 0 Å². The van der Waals surface area contributed by atoms with E-state index in [-0.39, 0.29) is 12.3 Å². The highest BCUT2D eigenvalue weighted by Crippen LogP contribution is 2.45. The van der Waals surface area contributed by atoms with Gasteiger partial charge >= 0.3 is 11.9 Å². The molecule has 2 fully saturated rings. The predicted molar refractivity (Wildman–Crippen MR) is 96.5 cm³/mol. The van der Waals surface area contributed by atoms with Crippen molar-refractivity contribution in [3.63, 3.8) is 0 Å². The van der Waals surface area contributed by atoms with Gasteiger partial charge < -0.3 is 19.7 Å². The molecule has 1 aliphatic carbocycles. The maximum Gasteiger partial charge on any atom is 0.333 e. The number of fused-ring (bicyclic) bond motifs is 1. The molecule has 2 aliphatic rings. The average molecular weight is 382 g/mol. The van der Waals surface area contributed by atoms with Crippen molar-refractivity contribution in [1.29, 1.82) is 0 Å². The Labute approximate surface area is 159 Å². The quantitative estimate of drug-likeness (QED) is 0.548. The van der Waals surface area contributed by atoms with Crippen molar-refractivity contribution in [2.24, 2.45) is 17.8 Å². The summed E-state index contributed by atoms with van der Waals surface area (Å²) < 4.78 is 11.1. The molecule has 0 spiro atoms. The van der Waals surface area contributed by atoms with Crippen LogP contribution in [0.5, 0.6) is 0 Å². The second kappa shape index (κ2) is 8.10. The van der Waals surface area contributed by atoms with Crippen molar-refractivity contribution in [2.75, 3.05) is 0 Å². The molecule has 152 valence electrons. The van der Waals surface area contributed by atoms with Gasteiger partial charge in [-0.2, -0.15) is 0 Å². The van der Waals surface area contributed by atoms with Crippen molar-refractivity contribution in [3.05, 3.63) is 11.6 Å². The smallest absolute Gasteiger partial charge is 0.333 e. The molecule has 0 unspecified atom stereocenters. The van der Waals surface area contributed by atoms with E-state index in [1.165, 1.54) is 6.92 Å². The largest absolute Gasteiger partial charge is 0.458 e. The Morgan fingerprint density at radius 2 is 2.00 bits per heavy atom. The van der Waals surface area contributed by atoms with E-state index in [1.807, 2.05) is 0 Å². The highest BCUT2D eigenvalue weighted by molar-refractivity contribution is 5.91. The van der Waals surface area contributed by atoms with Gasteiger partial charge in [0.2, 0.25) is 0 Å². The number of hydrogen-bond donors (Lipinski definition) is 2. The molecule has 1 saturated heterocycles. The first-order chi connectivity index (χ1) is 12.5. The highest BCUT2D eigenvalue weighted by atomic mass is 16.6. The van der Waals surface area contributed by atoms with Crippen LogP contribution in [0.25, 0.3) is 0 Å². The normalized spacial score (nSPS) is 37.8. The number of aliphatic hydroxyl groups is 2. The highest BCUT2D eigenvalue weighted by Gasteiger charge is 2.61. The lowest BCUT2D eigenvalue weighted by atomic mass is 9.76. The standard InChI is InChI=1S/C20H30O7/c1-6-10(2)18(23)27-17-16-14(13(5)19(24)26-16)8-7-11(3)20(17,25)15(22)9-12(4)21/h6,11-14,16-17,21,25H,7-9H2,1-5H3/b10-6-/t11-,12+,13+,14-,16+,17-,20+/m0/s1. The number of allylic oxidation sites excluding steroid dienone is 1. The molecule has 7 heteroatoms. The fourth-order valence-electron chi connectivity index (χ4n) is 4.03. The van der Waals surface area contributed by atoms with E-state index in [4.69, 9.17) is 9.47 Å². The van der Waals surface area contributed by atoms with E-state index >= 15 is 0 Å². The number of hydrogen-bond acceptors (Lipinski definition) is 7. The molecule has 0 aromatic rings. The molecular formula is C20H30O7. The number of esters is 2. The van der Waals surface area contributed by atoms with E-state index in [0.29, 0.717) is 18.4 Å². The summed E-state index contributed by atoms with van der Waals surface area (Å²) >= 11 is 0. The minimum atomic E-state index is -2.04. The van der Waals surface area contributed by atoms with Gasteiger partial charge in [-0.25, -0.2) is 4.79 Å². The van der Waals surface area contributed by atoms with Gasteiger partial charge in [-0.3, -0.25) is 9.59 Å². The van der Waals surface area contributed by atoms with Crippen molar-refractivity contribution in [3.8, 4) is 0 Å². The van der Waals surface area contributed by atoms with Crippen LogP contribution in [-0.2, 0) is 23.9 Å². The van der Waals surface area contributed by atoms with Crippen molar-refractivity contribution in [2.45, 2.75) is 77.8 Å². The van der Waals surface area contributed by atoms with Gasteiger partial charge in [-0.15, -0.1) is 0 Å². The topological polar surface area (TPSA) is 110 Å². The second-order valence-corrected chi connectivity index (χ2v) is 7.93. The summed E-state index contributed by atoms with van der Waals surface area (Å²) in [5, 5.41) is 21.1. The maximum atomic E-state index is 12.9. The molecule has 0 bridgehead atoms. The van der Waals surface area contributed by atoms with Crippen molar-refractivity contribution < 1.29 is 34.1 Å². The van der Waals surface area contributed by atoms with E-state index in [0.717, 1.165) is 0 Å². The van der Waals surface area contributed by atoms with Crippen LogP contribution < -0.4 is 0 Å². The Morgan fingerprint density at radius 3 is 2.56 bits per heavy atom. The zero-order valence-corrected chi connectivity index (χ0v) is 16.6. The molecule has 0 amide bonds. The lowest BCUT2D eigenvalue weighted by Crippen LogP contribution is -2.60. The first-order valence-corrected chi connectivity index (χ1v) is 9.52. The minimum Gasteiger partial charge on any atom is -0.458 e. The van der Waals surface area contributed by atoms with E-state index < -0.39 is 53.5 Å². The van der Waals surface area contributed by atoms with Crippen LogP contribution >= 0.6 is 0 Å². The molecule has 1 saturated carbocycles. The Balaban J connectivity index is 2.50. The molecule has 1 aliphatic heterocycles. The van der Waals surface area contributed by atoms with Gasteiger partial charge in [0.15, 0.2) is 17.5 Å². The first kappa shape index (κ1) is 21.6. The number of carbonyl (C=O) groups is 3. The van der Waals surface area contributed by atoms with Crippen LogP contribution in [0.2, 0.25) is 0 Å². The summed E-state index contributed by atoms with van der Waals surface area (Å²) in [6, 6.07) is 0. The molecule has 7 nitrogen and oxygen atoms in total. The van der Waals surface area contributed by atoms with Crippen LogP contribution in [-0.4, -0.2) is 51.8 Å².